The van der Waals surface area contributed by atoms with E-state index in [9.17, 15) is 0 Å². The van der Waals surface area contributed by atoms with Crippen molar-refractivity contribution in [2.45, 2.75) is 12.5 Å². The second kappa shape index (κ2) is 3.82. The average Bonchev–Trinajstić information content (AvgIpc) is 1.91. The Morgan fingerprint density at radius 1 is 1.67 bits per heavy atom. The molecule has 3 nitrogen and oxygen atoms in total. The third-order valence-electron chi connectivity index (χ3n) is 1.32. The minimum Gasteiger partial charge on any atom is -0.382 e. The molecule has 1 rings (SSSR count). The van der Waals surface area contributed by atoms with Gasteiger partial charge in [-0.05, 0) is 6.42 Å². The van der Waals surface area contributed by atoms with Crippen molar-refractivity contribution < 1.29 is 14.2 Å². The Kier molecular flexibility index (Phi) is 2.97. The van der Waals surface area contributed by atoms with E-state index in [0.29, 0.717) is 13.4 Å². The molecule has 9 heavy (non-hydrogen) atoms. The highest BCUT2D eigenvalue weighted by Gasteiger charge is 2.12. The minimum atomic E-state index is 0.253. The van der Waals surface area contributed by atoms with Crippen LogP contribution >= 0.6 is 0 Å². The fraction of sp³-hybridized carbons (Fsp3) is 1.00. The highest BCUT2D eigenvalue weighted by molar-refractivity contribution is 4.57. The van der Waals surface area contributed by atoms with Crippen molar-refractivity contribution in [3.05, 3.63) is 0 Å². The molecule has 0 N–H and O–H groups in total. The summed E-state index contributed by atoms with van der Waals surface area (Å²) in [6, 6.07) is 0. The van der Waals surface area contributed by atoms with Gasteiger partial charge in [-0.3, -0.25) is 0 Å². The maximum atomic E-state index is 5.17. The molecule has 0 bridgehead atoms. The van der Waals surface area contributed by atoms with Gasteiger partial charge in [0.25, 0.3) is 0 Å². The van der Waals surface area contributed by atoms with E-state index in [0.717, 1.165) is 13.0 Å². The molecule has 1 saturated heterocycles. The van der Waals surface area contributed by atoms with Gasteiger partial charge in [0.2, 0.25) is 0 Å². The highest BCUT2D eigenvalue weighted by atomic mass is 16.7. The van der Waals surface area contributed by atoms with Crippen molar-refractivity contribution in [2.24, 2.45) is 0 Å². The summed E-state index contributed by atoms with van der Waals surface area (Å²) in [6.07, 6.45) is 1.21. The predicted octanol–water partition coefficient (Wildman–Crippen LogP) is 0.396. The van der Waals surface area contributed by atoms with Gasteiger partial charge in [0, 0.05) is 7.11 Å². The first-order chi connectivity index (χ1) is 4.43. The van der Waals surface area contributed by atoms with E-state index in [1.165, 1.54) is 0 Å². The maximum absolute atomic E-state index is 5.17. The van der Waals surface area contributed by atoms with Gasteiger partial charge in [-0.25, -0.2) is 0 Å². The lowest BCUT2D eigenvalue weighted by molar-refractivity contribution is -0.153. The fourth-order valence-corrected chi connectivity index (χ4v) is 0.819. The molecule has 0 aromatic heterocycles. The largest absolute Gasteiger partial charge is 0.382 e. The van der Waals surface area contributed by atoms with Gasteiger partial charge in [-0.1, -0.05) is 0 Å². The van der Waals surface area contributed by atoms with E-state index in [2.05, 4.69) is 0 Å². The summed E-state index contributed by atoms with van der Waals surface area (Å²) in [5.74, 6) is 0. The van der Waals surface area contributed by atoms with Gasteiger partial charge in [0.15, 0.2) is 0 Å². The van der Waals surface area contributed by atoms with E-state index in [-0.39, 0.29) is 6.10 Å². The Morgan fingerprint density at radius 3 is 3.11 bits per heavy atom. The van der Waals surface area contributed by atoms with Crippen LogP contribution < -0.4 is 0 Å². The van der Waals surface area contributed by atoms with Gasteiger partial charge in [-0.15, -0.1) is 0 Å². The molecule has 0 amide bonds. The zero-order valence-corrected chi connectivity index (χ0v) is 5.63. The van der Waals surface area contributed by atoms with Crippen molar-refractivity contribution in [3.63, 3.8) is 0 Å². The summed E-state index contributed by atoms with van der Waals surface area (Å²) in [7, 11) is 1.68. The quantitative estimate of drug-likeness (QED) is 0.544. The smallest absolute Gasteiger partial charge is 0.147 e. The molecule has 0 radical (unpaired) electrons. The van der Waals surface area contributed by atoms with Crippen LogP contribution in [0.5, 0.6) is 0 Å². The first kappa shape index (κ1) is 6.99. The van der Waals surface area contributed by atoms with E-state index in [1.807, 2.05) is 0 Å². The van der Waals surface area contributed by atoms with E-state index in [1.54, 1.807) is 7.11 Å². The molecule has 0 aromatic rings. The molecule has 0 aromatic carbocycles. The molecule has 0 unspecified atom stereocenters. The summed E-state index contributed by atoms with van der Waals surface area (Å²) >= 11 is 0. The zero-order valence-electron chi connectivity index (χ0n) is 5.63. The Balaban J connectivity index is 2.08. The standard InChI is InChI=1S/C6H12O3/c1-7-4-6-2-3-8-5-9-6/h6H,2-5H2,1H3/t6-/m0/s1. The summed E-state index contributed by atoms with van der Waals surface area (Å²) in [5.41, 5.74) is 0. The zero-order chi connectivity index (χ0) is 6.53. The van der Waals surface area contributed by atoms with Crippen LogP contribution in [0.15, 0.2) is 0 Å². The van der Waals surface area contributed by atoms with Gasteiger partial charge in [-0.2, -0.15) is 0 Å². The highest BCUT2D eigenvalue weighted by Crippen LogP contribution is 2.04. The average molecular weight is 132 g/mol. The van der Waals surface area contributed by atoms with Crippen LogP contribution in [0.3, 0.4) is 0 Å². The Morgan fingerprint density at radius 2 is 2.56 bits per heavy atom. The Labute approximate surface area is 54.9 Å². The third-order valence-corrected chi connectivity index (χ3v) is 1.32. The number of rotatable bonds is 2. The van der Waals surface area contributed by atoms with Gasteiger partial charge in [0.1, 0.15) is 6.79 Å². The molecule has 0 aliphatic carbocycles. The Bertz CT molecular complexity index is 65.9. The van der Waals surface area contributed by atoms with Crippen molar-refractivity contribution in [1.29, 1.82) is 0 Å². The van der Waals surface area contributed by atoms with Crippen LogP contribution in [-0.4, -0.2) is 33.2 Å². The molecule has 54 valence electrons. The van der Waals surface area contributed by atoms with Crippen molar-refractivity contribution in [3.8, 4) is 0 Å². The molecule has 1 aliphatic rings. The van der Waals surface area contributed by atoms with Crippen LogP contribution in [0.25, 0.3) is 0 Å². The lowest BCUT2D eigenvalue weighted by Gasteiger charge is -2.21. The maximum Gasteiger partial charge on any atom is 0.147 e. The second-order valence-electron chi connectivity index (χ2n) is 2.06. The van der Waals surface area contributed by atoms with Crippen LogP contribution in [0, 0.1) is 0 Å². The van der Waals surface area contributed by atoms with Crippen LogP contribution in [0.1, 0.15) is 6.42 Å². The van der Waals surface area contributed by atoms with E-state index < -0.39 is 0 Å². The number of ether oxygens (including phenoxy) is 3. The molecule has 1 atom stereocenters. The van der Waals surface area contributed by atoms with E-state index in [4.69, 9.17) is 14.2 Å². The molecule has 1 aliphatic heterocycles. The SMILES string of the molecule is COC[C@@H]1CCOCO1. The minimum absolute atomic E-state index is 0.253. The topological polar surface area (TPSA) is 27.7 Å². The first-order valence-electron chi connectivity index (χ1n) is 3.12. The van der Waals surface area contributed by atoms with Gasteiger partial charge in [0.05, 0.1) is 19.3 Å². The van der Waals surface area contributed by atoms with Crippen molar-refractivity contribution in [2.75, 3.05) is 27.1 Å². The number of hydrogen-bond donors (Lipinski definition) is 0. The van der Waals surface area contributed by atoms with E-state index >= 15 is 0 Å². The number of methoxy groups -OCH3 is 1. The molecule has 1 fully saturated rings. The lowest BCUT2D eigenvalue weighted by atomic mass is 10.3. The molecular formula is C6H12O3. The lowest BCUT2D eigenvalue weighted by Crippen LogP contribution is -2.27. The summed E-state index contributed by atoms with van der Waals surface area (Å²) in [4.78, 5) is 0. The predicted molar refractivity (Wildman–Crippen MR) is 32.2 cm³/mol. The van der Waals surface area contributed by atoms with Crippen LogP contribution in [-0.2, 0) is 14.2 Å². The number of hydrogen-bond acceptors (Lipinski definition) is 3. The normalized spacial score (nSPS) is 28.3. The summed E-state index contributed by atoms with van der Waals surface area (Å²) in [5, 5.41) is 0. The van der Waals surface area contributed by atoms with Gasteiger partial charge >= 0.3 is 0 Å². The van der Waals surface area contributed by atoms with Crippen LogP contribution in [0.2, 0.25) is 0 Å². The second-order valence-corrected chi connectivity index (χ2v) is 2.06. The molecule has 0 saturated carbocycles. The first-order valence-corrected chi connectivity index (χ1v) is 3.12. The van der Waals surface area contributed by atoms with Crippen molar-refractivity contribution >= 4 is 0 Å². The molecule has 3 heteroatoms. The fourth-order valence-electron chi connectivity index (χ4n) is 0.819. The van der Waals surface area contributed by atoms with Crippen molar-refractivity contribution in [1.82, 2.24) is 0 Å². The molecule has 1 heterocycles. The molecular weight excluding hydrogens is 120 g/mol. The monoisotopic (exact) mass is 132 g/mol. The summed E-state index contributed by atoms with van der Waals surface area (Å²) < 4.78 is 15.0. The van der Waals surface area contributed by atoms with Crippen LogP contribution in [0.4, 0.5) is 0 Å². The Hall–Kier alpha value is -0.120. The van der Waals surface area contributed by atoms with Gasteiger partial charge < -0.3 is 14.2 Å². The third kappa shape index (κ3) is 2.30. The molecule has 0 spiro atoms. The summed E-state index contributed by atoms with van der Waals surface area (Å²) in [6.45, 7) is 1.91.